The molecule has 0 saturated carbocycles. The smallest absolute Gasteiger partial charge is 0.330 e. The van der Waals surface area contributed by atoms with Crippen molar-refractivity contribution in [1.82, 2.24) is 0 Å². The highest BCUT2D eigenvalue weighted by Gasteiger charge is 2.43. The molecule has 0 bridgehead atoms. The van der Waals surface area contributed by atoms with Gasteiger partial charge in [0.25, 0.3) is 0 Å². The highest BCUT2D eigenvalue weighted by molar-refractivity contribution is 5.85. The van der Waals surface area contributed by atoms with E-state index in [0.29, 0.717) is 6.42 Å². The van der Waals surface area contributed by atoms with Crippen LogP contribution in [0.1, 0.15) is 12.8 Å². The number of hydrogen-bond donors (Lipinski definition) is 1. The van der Waals surface area contributed by atoms with E-state index in [1.54, 1.807) is 12.2 Å². The first-order valence-electron chi connectivity index (χ1n) is 3.97. The summed E-state index contributed by atoms with van der Waals surface area (Å²) in [4.78, 5) is 0. The zero-order valence-corrected chi connectivity index (χ0v) is 7.87. The third kappa shape index (κ3) is 3.19. The summed E-state index contributed by atoms with van der Waals surface area (Å²) in [5.41, 5.74) is 5.26. The third-order valence-corrected chi connectivity index (χ3v) is 2.29. The second-order valence-corrected chi connectivity index (χ2v) is 3.09. The van der Waals surface area contributed by atoms with Crippen LogP contribution in [0.25, 0.3) is 0 Å². The molecule has 1 aliphatic carbocycles. The molecule has 0 heterocycles. The summed E-state index contributed by atoms with van der Waals surface area (Å²) in [6, 6.07) is 0. The van der Waals surface area contributed by atoms with Crippen molar-refractivity contribution in [2.24, 2.45) is 17.6 Å². The molecule has 78 valence electrons. The first-order chi connectivity index (χ1) is 5.55. The van der Waals surface area contributed by atoms with Crippen LogP contribution in [-0.2, 0) is 0 Å². The predicted molar refractivity (Wildman–Crippen MR) is 47.7 cm³/mol. The van der Waals surface area contributed by atoms with Gasteiger partial charge in [-0.05, 0) is 25.3 Å². The molecule has 0 aromatic carbocycles. The van der Waals surface area contributed by atoms with Crippen molar-refractivity contribution in [3.63, 3.8) is 0 Å². The maximum atomic E-state index is 12.3. The first kappa shape index (κ1) is 12.8. The molecule has 0 aliphatic heterocycles. The summed E-state index contributed by atoms with van der Waals surface area (Å²) in [7, 11) is 0. The molecule has 0 aromatic rings. The standard InChI is InChI=1S/C8H12F3N.ClH/c9-8(10,11)7-4-2-1-3-6(7)5-12;/h1-2,6-7H,3-5,12H2;1H. The average Bonchev–Trinajstić information content (AvgIpc) is 2.03. The molecular weight excluding hydrogens is 203 g/mol. The van der Waals surface area contributed by atoms with Crippen LogP contribution in [0.5, 0.6) is 0 Å². The largest absolute Gasteiger partial charge is 0.392 e. The Bertz CT molecular complexity index is 179. The predicted octanol–water partition coefficient (Wildman–Crippen LogP) is 2.51. The minimum Gasteiger partial charge on any atom is -0.330 e. The van der Waals surface area contributed by atoms with Crippen molar-refractivity contribution < 1.29 is 13.2 Å². The number of allylic oxidation sites excluding steroid dienone is 2. The minimum absolute atomic E-state index is 0. The lowest BCUT2D eigenvalue weighted by molar-refractivity contribution is -0.188. The topological polar surface area (TPSA) is 26.0 Å². The molecule has 0 spiro atoms. The zero-order valence-electron chi connectivity index (χ0n) is 7.05. The number of nitrogens with two attached hydrogens (primary N) is 1. The Labute approximate surface area is 81.6 Å². The van der Waals surface area contributed by atoms with E-state index in [0.717, 1.165) is 0 Å². The Balaban J connectivity index is 0.00000144. The molecule has 0 amide bonds. The molecule has 13 heavy (non-hydrogen) atoms. The lowest BCUT2D eigenvalue weighted by Crippen LogP contribution is -2.35. The molecule has 1 aliphatic rings. The minimum atomic E-state index is -4.09. The Morgan fingerprint density at radius 3 is 2.15 bits per heavy atom. The van der Waals surface area contributed by atoms with Gasteiger partial charge in [-0.2, -0.15) is 13.2 Å². The van der Waals surface area contributed by atoms with E-state index in [-0.39, 0.29) is 25.4 Å². The summed E-state index contributed by atoms with van der Waals surface area (Å²) < 4.78 is 36.9. The van der Waals surface area contributed by atoms with Crippen LogP contribution in [0.2, 0.25) is 0 Å². The van der Waals surface area contributed by atoms with Gasteiger partial charge < -0.3 is 5.73 Å². The number of rotatable bonds is 1. The molecule has 0 fully saturated rings. The van der Waals surface area contributed by atoms with E-state index >= 15 is 0 Å². The van der Waals surface area contributed by atoms with E-state index in [4.69, 9.17) is 5.73 Å². The van der Waals surface area contributed by atoms with Crippen molar-refractivity contribution in [3.8, 4) is 0 Å². The number of hydrogen-bond acceptors (Lipinski definition) is 1. The van der Waals surface area contributed by atoms with Crippen molar-refractivity contribution in [2.75, 3.05) is 6.54 Å². The molecule has 2 unspecified atom stereocenters. The third-order valence-electron chi connectivity index (χ3n) is 2.29. The van der Waals surface area contributed by atoms with Gasteiger partial charge in [0.1, 0.15) is 0 Å². The molecule has 1 nitrogen and oxygen atoms in total. The summed E-state index contributed by atoms with van der Waals surface area (Å²) in [6.45, 7) is 0.120. The molecule has 0 aromatic heterocycles. The summed E-state index contributed by atoms with van der Waals surface area (Å²) in [5, 5.41) is 0. The van der Waals surface area contributed by atoms with Gasteiger partial charge in [-0.1, -0.05) is 12.2 Å². The van der Waals surface area contributed by atoms with E-state index in [1.807, 2.05) is 0 Å². The van der Waals surface area contributed by atoms with Crippen LogP contribution in [0.4, 0.5) is 13.2 Å². The van der Waals surface area contributed by atoms with Crippen LogP contribution in [0.3, 0.4) is 0 Å². The van der Waals surface area contributed by atoms with Crippen molar-refractivity contribution in [3.05, 3.63) is 12.2 Å². The molecule has 2 N–H and O–H groups in total. The first-order valence-corrected chi connectivity index (χ1v) is 3.97. The Kier molecular flexibility index (Phi) is 4.78. The van der Waals surface area contributed by atoms with Gasteiger partial charge in [0.15, 0.2) is 0 Å². The molecule has 0 radical (unpaired) electrons. The van der Waals surface area contributed by atoms with Gasteiger partial charge in [0.2, 0.25) is 0 Å². The molecule has 0 saturated heterocycles. The van der Waals surface area contributed by atoms with E-state index < -0.39 is 18.0 Å². The zero-order chi connectivity index (χ0) is 9.19. The molecule has 1 rings (SSSR count). The van der Waals surface area contributed by atoms with Gasteiger partial charge >= 0.3 is 6.18 Å². The number of alkyl halides is 3. The Morgan fingerprint density at radius 1 is 1.23 bits per heavy atom. The maximum absolute atomic E-state index is 12.3. The summed E-state index contributed by atoms with van der Waals surface area (Å²) >= 11 is 0. The van der Waals surface area contributed by atoms with E-state index in [9.17, 15) is 13.2 Å². The quantitative estimate of drug-likeness (QED) is 0.669. The molecule has 2 atom stereocenters. The maximum Gasteiger partial charge on any atom is 0.392 e. The van der Waals surface area contributed by atoms with Crippen LogP contribution >= 0.6 is 12.4 Å². The van der Waals surface area contributed by atoms with Gasteiger partial charge in [-0.15, -0.1) is 12.4 Å². The summed E-state index contributed by atoms with van der Waals surface area (Å²) in [6.07, 6.45) is -0.176. The fourth-order valence-electron chi connectivity index (χ4n) is 1.53. The highest BCUT2D eigenvalue weighted by atomic mass is 35.5. The second-order valence-electron chi connectivity index (χ2n) is 3.09. The van der Waals surface area contributed by atoms with Gasteiger partial charge in [0, 0.05) is 0 Å². The molecule has 5 heteroatoms. The van der Waals surface area contributed by atoms with Gasteiger partial charge in [-0.25, -0.2) is 0 Å². The Hall–Kier alpha value is -0.220. The number of halogens is 4. The van der Waals surface area contributed by atoms with E-state index in [1.165, 1.54) is 0 Å². The highest BCUT2D eigenvalue weighted by Crippen LogP contribution is 2.38. The lowest BCUT2D eigenvalue weighted by Gasteiger charge is -2.29. The van der Waals surface area contributed by atoms with Gasteiger partial charge in [-0.3, -0.25) is 0 Å². The second kappa shape index (κ2) is 4.86. The van der Waals surface area contributed by atoms with Crippen molar-refractivity contribution >= 4 is 12.4 Å². The van der Waals surface area contributed by atoms with Crippen LogP contribution in [0.15, 0.2) is 12.2 Å². The average molecular weight is 216 g/mol. The lowest BCUT2D eigenvalue weighted by atomic mass is 9.83. The molecular formula is C8H13ClF3N. The SMILES string of the molecule is Cl.NCC1CC=CCC1C(F)(F)F. The normalized spacial score (nSPS) is 28.3. The Morgan fingerprint density at radius 2 is 1.77 bits per heavy atom. The van der Waals surface area contributed by atoms with Gasteiger partial charge in [0.05, 0.1) is 5.92 Å². The van der Waals surface area contributed by atoms with E-state index in [2.05, 4.69) is 0 Å². The van der Waals surface area contributed by atoms with Crippen molar-refractivity contribution in [1.29, 1.82) is 0 Å². The monoisotopic (exact) mass is 215 g/mol. The van der Waals surface area contributed by atoms with Crippen LogP contribution in [-0.4, -0.2) is 12.7 Å². The van der Waals surface area contributed by atoms with Crippen LogP contribution < -0.4 is 5.73 Å². The van der Waals surface area contributed by atoms with Crippen LogP contribution in [0, 0.1) is 11.8 Å². The van der Waals surface area contributed by atoms with Crippen molar-refractivity contribution in [2.45, 2.75) is 19.0 Å². The fourth-order valence-corrected chi connectivity index (χ4v) is 1.53. The summed E-state index contributed by atoms with van der Waals surface area (Å²) in [5.74, 6) is -1.65. The fraction of sp³-hybridized carbons (Fsp3) is 0.750.